The number of rotatable bonds is 6. The summed E-state index contributed by atoms with van der Waals surface area (Å²) in [5.41, 5.74) is 1.92. The van der Waals surface area contributed by atoms with Crippen molar-refractivity contribution >= 4 is 11.0 Å². The highest BCUT2D eigenvalue weighted by atomic mass is 16.5. The summed E-state index contributed by atoms with van der Waals surface area (Å²) in [5, 5.41) is 9.93. The summed E-state index contributed by atoms with van der Waals surface area (Å²) < 4.78 is 11.4. The van der Waals surface area contributed by atoms with Gasteiger partial charge in [-0.3, -0.25) is 0 Å². The zero-order chi connectivity index (χ0) is 17.8. The lowest BCUT2D eigenvalue weighted by atomic mass is 9.99. The molecule has 1 aromatic carbocycles. The molecule has 2 aromatic rings. The Balaban J connectivity index is 1.65. The molecule has 1 saturated heterocycles. The van der Waals surface area contributed by atoms with Gasteiger partial charge in [0.15, 0.2) is 0 Å². The number of ether oxygens (including phenoxy) is 1. The van der Waals surface area contributed by atoms with Crippen LogP contribution in [0.2, 0.25) is 0 Å². The highest BCUT2D eigenvalue weighted by Crippen LogP contribution is 2.25. The van der Waals surface area contributed by atoms with Crippen LogP contribution in [0.15, 0.2) is 27.4 Å². The monoisotopic (exact) mass is 345 g/mol. The standard InChI is InChI=1S/C20H27NO4/c1-14-15(2)20(23)25-19-11-17(6-7-18(14)19)24-13-16-5-3-8-21(12-16)9-4-10-22/h6-7,11,16,22H,3-5,8-10,12-13H2,1-2H3. The van der Waals surface area contributed by atoms with E-state index in [9.17, 15) is 4.79 Å². The quantitative estimate of drug-likeness (QED) is 0.816. The van der Waals surface area contributed by atoms with Gasteiger partial charge in [0.1, 0.15) is 11.3 Å². The Kier molecular flexibility index (Phi) is 5.76. The van der Waals surface area contributed by atoms with E-state index >= 15 is 0 Å². The summed E-state index contributed by atoms with van der Waals surface area (Å²) in [4.78, 5) is 14.3. The Labute approximate surface area is 148 Å². The van der Waals surface area contributed by atoms with Crippen molar-refractivity contribution in [2.45, 2.75) is 33.1 Å². The van der Waals surface area contributed by atoms with Gasteiger partial charge in [-0.2, -0.15) is 0 Å². The van der Waals surface area contributed by atoms with Crippen LogP contribution in [0.5, 0.6) is 5.75 Å². The molecule has 1 N–H and O–H groups in total. The molecule has 0 radical (unpaired) electrons. The van der Waals surface area contributed by atoms with Gasteiger partial charge in [0.2, 0.25) is 0 Å². The van der Waals surface area contributed by atoms with E-state index in [1.54, 1.807) is 6.92 Å². The molecule has 0 amide bonds. The maximum Gasteiger partial charge on any atom is 0.339 e. The number of fused-ring (bicyclic) bond motifs is 1. The van der Waals surface area contributed by atoms with Crippen LogP contribution in [0.4, 0.5) is 0 Å². The van der Waals surface area contributed by atoms with Crippen LogP contribution >= 0.6 is 0 Å². The van der Waals surface area contributed by atoms with Crippen LogP contribution in [0.1, 0.15) is 30.4 Å². The highest BCUT2D eigenvalue weighted by Gasteiger charge is 2.20. The Morgan fingerprint density at radius 2 is 2.16 bits per heavy atom. The lowest BCUT2D eigenvalue weighted by Crippen LogP contribution is -2.38. The molecule has 0 spiro atoms. The van der Waals surface area contributed by atoms with Gasteiger partial charge < -0.3 is 19.2 Å². The first kappa shape index (κ1) is 18.0. The van der Waals surface area contributed by atoms with Crippen LogP contribution in [0.3, 0.4) is 0 Å². The number of hydrogen-bond acceptors (Lipinski definition) is 5. The average Bonchev–Trinajstić information content (AvgIpc) is 2.63. The largest absolute Gasteiger partial charge is 0.493 e. The molecule has 25 heavy (non-hydrogen) atoms. The fourth-order valence-electron chi connectivity index (χ4n) is 3.52. The van der Waals surface area contributed by atoms with Gasteiger partial charge in [-0.15, -0.1) is 0 Å². The zero-order valence-electron chi connectivity index (χ0n) is 15.1. The van der Waals surface area contributed by atoms with Crippen LogP contribution in [-0.2, 0) is 0 Å². The van der Waals surface area contributed by atoms with Crippen LogP contribution < -0.4 is 10.4 Å². The third kappa shape index (κ3) is 4.22. The summed E-state index contributed by atoms with van der Waals surface area (Å²) >= 11 is 0. The Hall–Kier alpha value is -1.85. The minimum Gasteiger partial charge on any atom is -0.493 e. The first-order valence-electron chi connectivity index (χ1n) is 9.08. The molecule has 136 valence electrons. The number of hydrogen-bond donors (Lipinski definition) is 1. The van der Waals surface area contributed by atoms with E-state index in [0.717, 1.165) is 49.2 Å². The van der Waals surface area contributed by atoms with Crippen LogP contribution in [-0.4, -0.2) is 42.9 Å². The Morgan fingerprint density at radius 1 is 1.32 bits per heavy atom. The Bertz CT molecular complexity index is 783. The summed E-state index contributed by atoms with van der Waals surface area (Å²) in [6.45, 7) is 7.72. The van der Waals surface area contributed by atoms with Crippen LogP contribution in [0.25, 0.3) is 11.0 Å². The normalized spacial score (nSPS) is 18.6. The van der Waals surface area contributed by atoms with Gasteiger partial charge in [0.05, 0.1) is 6.61 Å². The zero-order valence-corrected chi connectivity index (χ0v) is 15.1. The summed E-state index contributed by atoms with van der Waals surface area (Å²) in [7, 11) is 0. The van der Waals surface area contributed by atoms with Crippen molar-refractivity contribution in [1.29, 1.82) is 0 Å². The van der Waals surface area contributed by atoms with Crippen molar-refractivity contribution in [3.8, 4) is 5.75 Å². The van der Waals surface area contributed by atoms with Crippen LogP contribution in [0, 0.1) is 19.8 Å². The molecular weight excluding hydrogens is 318 g/mol. The molecule has 1 fully saturated rings. The molecule has 2 heterocycles. The van der Waals surface area contributed by atoms with E-state index in [0.29, 0.717) is 23.7 Å². The van der Waals surface area contributed by atoms with E-state index in [4.69, 9.17) is 14.3 Å². The van der Waals surface area contributed by atoms with Gasteiger partial charge in [0, 0.05) is 42.6 Å². The Morgan fingerprint density at radius 3 is 2.96 bits per heavy atom. The number of benzene rings is 1. The molecule has 0 bridgehead atoms. The summed E-state index contributed by atoms with van der Waals surface area (Å²) in [6.07, 6.45) is 3.16. The lowest BCUT2D eigenvalue weighted by Gasteiger charge is -2.32. The predicted molar refractivity (Wildman–Crippen MR) is 98.3 cm³/mol. The van der Waals surface area contributed by atoms with E-state index in [-0.39, 0.29) is 12.2 Å². The topological polar surface area (TPSA) is 62.9 Å². The number of likely N-dealkylation sites (tertiary alicyclic amines) is 1. The van der Waals surface area contributed by atoms with Crippen molar-refractivity contribution in [2.75, 3.05) is 32.8 Å². The highest BCUT2D eigenvalue weighted by molar-refractivity contribution is 5.82. The first-order chi connectivity index (χ1) is 12.1. The smallest absolute Gasteiger partial charge is 0.339 e. The van der Waals surface area contributed by atoms with E-state index in [2.05, 4.69) is 4.90 Å². The van der Waals surface area contributed by atoms with E-state index < -0.39 is 0 Å². The SMILES string of the molecule is Cc1c(C)c2ccc(OCC3CCCN(CCCO)C3)cc2oc1=O. The predicted octanol–water partition coefficient (Wildman–Crippen LogP) is 2.88. The third-order valence-corrected chi connectivity index (χ3v) is 5.15. The fourth-order valence-corrected chi connectivity index (χ4v) is 3.52. The second kappa shape index (κ2) is 8.02. The number of aliphatic hydroxyl groups is 1. The van der Waals surface area contributed by atoms with Crippen molar-refractivity contribution < 1.29 is 14.3 Å². The number of piperidine rings is 1. The maximum atomic E-state index is 11.9. The third-order valence-electron chi connectivity index (χ3n) is 5.15. The number of aliphatic hydroxyl groups excluding tert-OH is 1. The number of nitrogens with zero attached hydrogens (tertiary/aromatic N) is 1. The van der Waals surface area contributed by atoms with Gasteiger partial charge in [-0.1, -0.05) is 0 Å². The molecule has 5 nitrogen and oxygen atoms in total. The first-order valence-corrected chi connectivity index (χ1v) is 9.08. The summed E-state index contributed by atoms with van der Waals surface area (Å²) in [6, 6.07) is 5.72. The number of aryl methyl sites for hydroxylation is 1. The van der Waals surface area contributed by atoms with Crippen molar-refractivity contribution in [3.05, 3.63) is 39.7 Å². The molecule has 1 unspecified atom stereocenters. The lowest BCUT2D eigenvalue weighted by molar-refractivity contribution is 0.123. The molecular formula is C20H27NO4. The van der Waals surface area contributed by atoms with Gasteiger partial charge in [-0.05, 0) is 57.4 Å². The van der Waals surface area contributed by atoms with Gasteiger partial charge in [-0.25, -0.2) is 4.79 Å². The maximum absolute atomic E-state index is 11.9. The molecule has 1 aliphatic rings. The average molecular weight is 345 g/mol. The van der Waals surface area contributed by atoms with Gasteiger partial charge in [0.25, 0.3) is 0 Å². The summed E-state index contributed by atoms with van der Waals surface area (Å²) in [5.74, 6) is 1.24. The van der Waals surface area contributed by atoms with Gasteiger partial charge >= 0.3 is 5.63 Å². The van der Waals surface area contributed by atoms with E-state index in [1.165, 1.54) is 6.42 Å². The second-order valence-corrected chi connectivity index (χ2v) is 6.99. The second-order valence-electron chi connectivity index (χ2n) is 6.99. The molecule has 0 aliphatic carbocycles. The van der Waals surface area contributed by atoms with Crippen molar-refractivity contribution in [1.82, 2.24) is 4.90 Å². The minimum atomic E-state index is -0.283. The molecule has 1 atom stereocenters. The molecule has 5 heteroatoms. The van der Waals surface area contributed by atoms with E-state index in [1.807, 2.05) is 25.1 Å². The molecule has 3 rings (SSSR count). The fraction of sp³-hybridized carbons (Fsp3) is 0.550. The molecule has 0 saturated carbocycles. The minimum absolute atomic E-state index is 0.249. The van der Waals surface area contributed by atoms with Crippen molar-refractivity contribution in [3.63, 3.8) is 0 Å². The molecule has 1 aliphatic heterocycles. The van der Waals surface area contributed by atoms with Crippen molar-refractivity contribution in [2.24, 2.45) is 5.92 Å². The molecule has 1 aromatic heterocycles.